The zero-order chi connectivity index (χ0) is 57.0. The van der Waals surface area contributed by atoms with Crippen molar-refractivity contribution in [1.29, 1.82) is 0 Å². The van der Waals surface area contributed by atoms with E-state index in [-0.39, 0.29) is 93.1 Å². The number of esters is 2. The number of amides is 1. The van der Waals surface area contributed by atoms with E-state index in [9.17, 15) is 43.8 Å². The fourth-order valence-corrected chi connectivity index (χ4v) is 11.7. The number of hydrogen-bond donors (Lipinski definition) is 2. The van der Waals surface area contributed by atoms with E-state index in [1.807, 2.05) is 58.1 Å². The molecule has 0 spiro atoms. The normalized spacial score (nSPS) is 35.8. The molecule has 2 aliphatic carbocycles. The summed E-state index contributed by atoms with van der Waals surface area (Å²) in [5, 5.41) is 23.8. The number of rotatable bonds is 15. The van der Waals surface area contributed by atoms with Crippen LogP contribution in [0.2, 0.25) is 0 Å². The van der Waals surface area contributed by atoms with Crippen molar-refractivity contribution in [2.24, 2.45) is 41.4 Å². The average molecular weight is 1080 g/mol. The van der Waals surface area contributed by atoms with Crippen LogP contribution in [-0.2, 0) is 66.7 Å². The maximum absolute atomic E-state index is 14.6. The van der Waals surface area contributed by atoms with Gasteiger partial charge in [0.15, 0.2) is 11.6 Å². The second-order valence-corrected chi connectivity index (χ2v) is 22.7. The molecule has 434 valence electrons. The van der Waals surface area contributed by atoms with Crippen molar-refractivity contribution in [3.8, 4) is 0 Å². The van der Waals surface area contributed by atoms with Crippen LogP contribution < -0.4 is 0 Å². The number of cyclic esters (lactones) is 1. The minimum Gasteiger partial charge on any atom is -0.460 e. The standard InChI is InChI=1S/C60H93NO16/c1-37-17-13-12-14-18-38(2)50(72-9)33-45-21-20-43(7)60(70,35-45)57(67)58(68)61-26-16-15-19-47(61)59(69)77-51(34-48(63)39(3)30-42(6)55(66)56(74-11)54(65)41(5)29-37)40(4)31-44-22-24-49(52(32-44)73-10)76-53(64)25-23-46(62)36-75-28-27-71-8/h12-14,17-18,30,37,39-41,43-45,47,49-52,55-56,66,70H,15-16,19-29,31-36H2,1-11H3/b14-12+,17-13+,38-18+,42-30+/t37-,39-,40-,41-,43-,44?,45+,47+,49-,50+,51+,52-,55-,56+,60+/m1/s1. The number of fused-ring (bicyclic) bond motifs is 3. The summed E-state index contributed by atoms with van der Waals surface area (Å²) >= 11 is 0. The number of aliphatic hydroxyl groups is 2. The number of aliphatic hydroxyl groups excluding tert-OH is 1. The molecule has 4 aliphatic rings. The first-order valence-electron chi connectivity index (χ1n) is 28.2. The molecular weight excluding hydrogens is 991 g/mol. The van der Waals surface area contributed by atoms with E-state index in [1.54, 1.807) is 41.1 Å². The predicted molar refractivity (Wildman–Crippen MR) is 289 cm³/mol. The number of Topliss-reactive ketones (excluding diaryl/α,β-unsaturated/α-hetero) is 4. The number of ketones is 4. The summed E-state index contributed by atoms with van der Waals surface area (Å²) < 4.78 is 39.7. The third kappa shape index (κ3) is 19.2. The minimum atomic E-state index is -1.97. The highest BCUT2D eigenvalue weighted by Gasteiger charge is 2.51. The SMILES string of the molecule is COCCOCC(=O)CCC(=O)O[C@@H]1CCC(C[C@@H](C)[C@@H]2CC(=O)[C@H](C)/C=C(\C)[C@@H](O)[C@@H](OC)C(=O)[C@H](C)C[C@H](C)/C=C/C=C/C=C(\C)[C@@H](OC)C[C@@H]3CC[C@@H](C)[C@@](O)(C3)C(=O)C(=O)N3CCCC[C@H]3C(=O)O2)C[C@H]1OC. The zero-order valence-corrected chi connectivity index (χ0v) is 48.0. The van der Waals surface area contributed by atoms with Crippen LogP contribution in [0.15, 0.2) is 47.6 Å². The topological polar surface area (TPSA) is 228 Å². The van der Waals surface area contributed by atoms with Gasteiger partial charge in [0.2, 0.25) is 0 Å². The maximum Gasteiger partial charge on any atom is 0.329 e. The second kappa shape index (κ2) is 32.1. The van der Waals surface area contributed by atoms with E-state index >= 15 is 0 Å². The van der Waals surface area contributed by atoms with Gasteiger partial charge in [0, 0.05) is 59.7 Å². The molecule has 0 aromatic carbocycles. The van der Waals surface area contributed by atoms with Crippen LogP contribution in [0.3, 0.4) is 0 Å². The van der Waals surface area contributed by atoms with Gasteiger partial charge in [-0.1, -0.05) is 71.1 Å². The lowest BCUT2D eigenvalue weighted by Crippen LogP contribution is -2.59. The van der Waals surface area contributed by atoms with Gasteiger partial charge >= 0.3 is 11.9 Å². The van der Waals surface area contributed by atoms with Crippen molar-refractivity contribution >= 4 is 41.0 Å². The summed E-state index contributed by atoms with van der Waals surface area (Å²) in [5.74, 6) is -6.24. The first-order valence-corrected chi connectivity index (χ1v) is 28.2. The van der Waals surface area contributed by atoms with Gasteiger partial charge in [-0.15, -0.1) is 0 Å². The average Bonchev–Trinajstić information content (AvgIpc) is 3.42. The van der Waals surface area contributed by atoms with E-state index in [0.717, 1.165) is 12.0 Å². The van der Waals surface area contributed by atoms with Crippen LogP contribution in [0.5, 0.6) is 0 Å². The van der Waals surface area contributed by atoms with Crippen LogP contribution >= 0.6 is 0 Å². The van der Waals surface area contributed by atoms with Crippen LogP contribution in [-0.4, -0.2) is 159 Å². The van der Waals surface area contributed by atoms with Crippen LogP contribution in [0.25, 0.3) is 0 Å². The van der Waals surface area contributed by atoms with Crippen molar-refractivity contribution in [1.82, 2.24) is 4.90 Å². The number of methoxy groups -OCH3 is 4. The Morgan fingerprint density at radius 1 is 0.831 bits per heavy atom. The minimum absolute atomic E-state index is 0.00198. The molecule has 1 unspecified atom stereocenters. The van der Waals surface area contributed by atoms with Gasteiger partial charge in [-0.25, -0.2) is 4.79 Å². The largest absolute Gasteiger partial charge is 0.460 e. The molecule has 1 amide bonds. The third-order valence-electron chi connectivity index (χ3n) is 16.7. The lowest BCUT2D eigenvalue weighted by Gasteiger charge is -2.43. The molecule has 0 aromatic rings. The molecule has 17 nitrogen and oxygen atoms in total. The highest BCUT2D eigenvalue weighted by molar-refractivity contribution is 6.39. The Bertz CT molecular complexity index is 2100. The number of hydrogen-bond acceptors (Lipinski definition) is 16. The Kier molecular flexibility index (Phi) is 27.2. The van der Waals surface area contributed by atoms with E-state index < -0.39 is 89.5 Å². The van der Waals surface area contributed by atoms with Crippen LogP contribution in [0.1, 0.15) is 145 Å². The molecule has 1 saturated heterocycles. The Labute approximate surface area is 458 Å². The third-order valence-corrected chi connectivity index (χ3v) is 16.7. The maximum atomic E-state index is 14.6. The van der Waals surface area contributed by atoms with E-state index in [1.165, 1.54) is 19.1 Å². The van der Waals surface area contributed by atoms with E-state index in [2.05, 4.69) is 0 Å². The summed E-state index contributed by atoms with van der Waals surface area (Å²) in [6.07, 6.45) is 11.8. The van der Waals surface area contributed by atoms with Gasteiger partial charge in [0.25, 0.3) is 11.7 Å². The Hall–Kier alpha value is -4.23. The Morgan fingerprint density at radius 3 is 2.26 bits per heavy atom. The molecule has 4 rings (SSSR count). The highest BCUT2D eigenvalue weighted by Crippen LogP contribution is 2.42. The van der Waals surface area contributed by atoms with Crippen molar-refractivity contribution in [3.63, 3.8) is 0 Å². The van der Waals surface area contributed by atoms with Gasteiger partial charge < -0.3 is 48.3 Å². The number of piperidine rings is 1. The number of nitrogens with zero attached hydrogens (tertiary/aromatic N) is 1. The monoisotopic (exact) mass is 1080 g/mol. The molecule has 0 radical (unpaired) electrons. The molecule has 2 heterocycles. The molecule has 0 aromatic heterocycles. The number of carbonyl (C=O) groups excluding carboxylic acids is 7. The zero-order valence-electron chi connectivity index (χ0n) is 48.0. The molecule has 2 saturated carbocycles. The summed E-state index contributed by atoms with van der Waals surface area (Å²) in [6.45, 7) is 13.4. The quantitative estimate of drug-likeness (QED) is 0.0704. The summed E-state index contributed by atoms with van der Waals surface area (Å²) in [7, 11) is 6.07. The van der Waals surface area contributed by atoms with Crippen molar-refractivity contribution in [2.45, 2.75) is 193 Å². The number of allylic oxidation sites excluding steroid dienone is 6. The molecule has 15 atom stereocenters. The predicted octanol–water partition coefficient (Wildman–Crippen LogP) is 7.41. The second-order valence-electron chi connectivity index (χ2n) is 22.7. The fourth-order valence-electron chi connectivity index (χ4n) is 11.7. The first kappa shape index (κ1) is 65.3. The Balaban J connectivity index is 1.63. The summed E-state index contributed by atoms with van der Waals surface area (Å²) in [4.78, 5) is 98.1. The molecular formula is C60H93NO16. The molecule has 2 N–H and O–H groups in total. The number of ether oxygens (including phenoxy) is 7. The highest BCUT2D eigenvalue weighted by atomic mass is 16.6. The van der Waals surface area contributed by atoms with Crippen LogP contribution in [0, 0.1) is 41.4 Å². The van der Waals surface area contributed by atoms with Crippen molar-refractivity contribution in [3.05, 3.63) is 47.6 Å². The first-order chi connectivity index (χ1) is 36.6. The fraction of sp³-hybridized carbons (Fsp3) is 0.750. The van der Waals surface area contributed by atoms with E-state index in [4.69, 9.17) is 33.2 Å². The lowest BCUT2D eigenvalue weighted by atomic mass is 9.67. The van der Waals surface area contributed by atoms with Crippen molar-refractivity contribution in [2.75, 3.05) is 54.8 Å². The van der Waals surface area contributed by atoms with Gasteiger partial charge in [-0.05, 0) is 132 Å². The van der Waals surface area contributed by atoms with Gasteiger partial charge in [0.1, 0.15) is 48.4 Å². The summed E-state index contributed by atoms with van der Waals surface area (Å²) in [5.41, 5.74) is -0.660. The molecule has 2 aliphatic heterocycles. The molecule has 77 heavy (non-hydrogen) atoms. The van der Waals surface area contributed by atoms with Gasteiger partial charge in [-0.3, -0.25) is 28.8 Å². The smallest absolute Gasteiger partial charge is 0.329 e. The van der Waals surface area contributed by atoms with Crippen LogP contribution in [0.4, 0.5) is 0 Å². The summed E-state index contributed by atoms with van der Waals surface area (Å²) in [6, 6.07) is -1.14. The van der Waals surface area contributed by atoms with Crippen molar-refractivity contribution < 1.29 is 76.9 Å². The lowest BCUT2D eigenvalue weighted by molar-refractivity contribution is -0.171. The molecule has 3 fully saturated rings. The van der Waals surface area contributed by atoms with Gasteiger partial charge in [0.05, 0.1) is 31.8 Å². The van der Waals surface area contributed by atoms with Gasteiger partial charge in [-0.2, -0.15) is 0 Å². The molecule has 17 heteroatoms. The number of carbonyl (C=O) groups is 7. The van der Waals surface area contributed by atoms with E-state index in [0.29, 0.717) is 70.0 Å². The molecule has 2 bridgehead atoms. The Morgan fingerprint density at radius 2 is 1.57 bits per heavy atom.